The van der Waals surface area contributed by atoms with Crippen LogP contribution in [0.3, 0.4) is 0 Å². The van der Waals surface area contributed by atoms with Crippen LogP contribution in [-0.2, 0) is 6.54 Å². The first-order valence-electron chi connectivity index (χ1n) is 6.93. The number of rotatable bonds is 3. The number of halogens is 3. The Morgan fingerprint density at radius 2 is 2.00 bits per heavy atom. The molecule has 0 unspecified atom stereocenters. The van der Waals surface area contributed by atoms with Gasteiger partial charge in [-0.1, -0.05) is 12.1 Å². The van der Waals surface area contributed by atoms with Crippen molar-refractivity contribution in [1.29, 1.82) is 0 Å². The van der Waals surface area contributed by atoms with E-state index in [1.807, 2.05) is 0 Å². The number of pyridine rings is 1. The summed E-state index contributed by atoms with van der Waals surface area (Å²) >= 11 is 0. The second-order valence-corrected chi connectivity index (χ2v) is 5.22. The molecule has 2 heterocycles. The van der Waals surface area contributed by atoms with Gasteiger partial charge < -0.3 is 10.1 Å². The number of aryl methyl sites for hydroxylation is 1. The number of benzene rings is 1. The predicted octanol–water partition coefficient (Wildman–Crippen LogP) is 3.24. The minimum atomic E-state index is -4.42. The maximum atomic E-state index is 12.4. The lowest BCUT2D eigenvalue weighted by Crippen LogP contribution is -2.19. The van der Waals surface area contributed by atoms with Crippen molar-refractivity contribution < 1.29 is 22.7 Å². The predicted molar refractivity (Wildman–Crippen MR) is 77.1 cm³/mol. The average Bonchev–Trinajstić information content (AvgIpc) is 2.85. The first-order chi connectivity index (χ1) is 10.8. The van der Waals surface area contributed by atoms with Crippen molar-refractivity contribution in [3.63, 3.8) is 0 Å². The monoisotopic (exact) mass is 322 g/mol. The molecule has 1 amide bonds. The summed E-state index contributed by atoms with van der Waals surface area (Å²) in [6.45, 7) is 0.647. The molecular formula is C16H13F3N2O2. The fourth-order valence-electron chi connectivity index (χ4n) is 2.52. The molecule has 0 saturated heterocycles. The van der Waals surface area contributed by atoms with Crippen LogP contribution in [0.4, 0.5) is 13.2 Å². The summed E-state index contributed by atoms with van der Waals surface area (Å²) < 4.78 is 42.2. The van der Waals surface area contributed by atoms with Crippen LogP contribution in [0.15, 0.2) is 30.3 Å². The Morgan fingerprint density at radius 1 is 1.26 bits per heavy atom. The summed E-state index contributed by atoms with van der Waals surface area (Å²) in [6.07, 6.45) is -4.42. The first-order valence-corrected chi connectivity index (χ1v) is 6.93. The molecule has 0 atom stereocenters. The molecule has 0 bridgehead atoms. The molecule has 120 valence electrons. The molecule has 1 aromatic heterocycles. The minimum absolute atomic E-state index is 0.0875. The first kappa shape index (κ1) is 15.3. The van der Waals surface area contributed by atoms with Gasteiger partial charge in [-0.25, -0.2) is 0 Å². The Balaban J connectivity index is 2.07. The summed E-state index contributed by atoms with van der Waals surface area (Å²) in [5.74, 6) is -0.120. The molecule has 0 saturated carbocycles. The van der Waals surface area contributed by atoms with Crippen LogP contribution >= 0.6 is 0 Å². The number of fused-ring (bicyclic) bond motifs is 1. The van der Waals surface area contributed by atoms with Gasteiger partial charge in [0, 0.05) is 28.9 Å². The molecule has 4 nitrogen and oxygen atoms in total. The third-order valence-electron chi connectivity index (χ3n) is 3.46. The number of para-hydroxylation sites is 1. The van der Waals surface area contributed by atoms with E-state index in [4.69, 9.17) is 4.74 Å². The van der Waals surface area contributed by atoms with E-state index in [0.29, 0.717) is 34.6 Å². The third kappa shape index (κ3) is 3.13. The molecule has 7 heteroatoms. The van der Waals surface area contributed by atoms with Gasteiger partial charge in [0.05, 0.1) is 5.69 Å². The number of ether oxygens (including phenoxy) is 1. The lowest BCUT2D eigenvalue weighted by molar-refractivity contribution is -0.153. The molecule has 1 aliphatic heterocycles. The van der Waals surface area contributed by atoms with Gasteiger partial charge in [0.1, 0.15) is 5.75 Å². The maximum absolute atomic E-state index is 12.4. The maximum Gasteiger partial charge on any atom is 0.422 e. The van der Waals surface area contributed by atoms with E-state index in [2.05, 4.69) is 10.3 Å². The number of hydrogen-bond donors (Lipinski definition) is 1. The van der Waals surface area contributed by atoms with Crippen LogP contribution in [0.5, 0.6) is 5.75 Å². The molecule has 0 spiro atoms. The smallest absolute Gasteiger partial charge is 0.422 e. The largest absolute Gasteiger partial charge is 0.483 e. The van der Waals surface area contributed by atoms with Gasteiger partial charge in [-0.15, -0.1) is 0 Å². The number of carbonyl (C=O) groups excluding carboxylic acids is 1. The molecular weight excluding hydrogens is 309 g/mol. The molecule has 23 heavy (non-hydrogen) atoms. The average molecular weight is 322 g/mol. The van der Waals surface area contributed by atoms with Crippen LogP contribution in [0, 0.1) is 6.92 Å². The molecule has 1 N–H and O–H groups in total. The van der Waals surface area contributed by atoms with Crippen LogP contribution in [0.2, 0.25) is 0 Å². The van der Waals surface area contributed by atoms with Crippen LogP contribution in [0.25, 0.3) is 11.3 Å². The van der Waals surface area contributed by atoms with Gasteiger partial charge in [-0.3, -0.25) is 9.78 Å². The minimum Gasteiger partial charge on any atom is -0.483 e. The highest BCUT2D eigenvalue weighted by molar-refractivity contribution is 6.00. The van der Waals surface area contributed by atoms with Gasteiger partial charge in [0.25, 0.3) is 5.91 Å². The van der Waals surface area contributed by atoms with Crippen molar-refractivity contribution in [2.24, 2.45) is 0 Å². The molecule has 2 aromatic rings. The Labute approximate surface area is 130 Å². The van der Waals surface area contributed by atoms with Crippen LogP contribution < -0.4 is 10.1 Å². The highest BCUT2D eigenvalue weighted by Crippen LogP contribution is 2.35. The van der Waals surface area contributed by atoms with Crippen LogP contribution in [0.1, 0.15) is 21.6 Å². The van der Waals surface area contributed by atoms with Crippen molar-refractivity contribution >= 4 is 5.91 Å². The summed E-state index contributed by atoms with van der Waals surface area (Å²) in [4.78, 5) is 16.2. The number of hydrogen-bond acceptors (Lipinski definition) is 3. The zero-order valence-corrected chi connectivity index (χ0v) is 12.2. The Bertz CT molecular complexity index is 772. The van der Waals surface area contributed by atoms with Crippen molar-refractivity contribution in [1.82, 2.24) is 10.3 Å². The molecule has 1 aliphatic rings. The van der Waals surface area contributed by atoms with E-state index in [1.54, 1.807) is 31.2 Å². The number of nitrogens with zero attached hydrogens (tertiary/aromatic N) is 1. The van der Waals surface area contributed by atoms with Gasteiger partial charge in [0.15, 0.2) is 6.61 Å². The Hall–Kier alpha value is -2.57. The molecule has 0 aliphatic carbocycles. The standard InChI is InChI=1S/C16H13F3N2O2/c1-9-6-11-12(7-20-15(11)22)14(21-9)10-4-2-3-5-13(10)23-8-16(17,18)19/h2-6H,7-8H2,1H3,(H,20,22). The number of alkyl halides is 3. The number of amides is 1. The molecule has 0 fully saturated rings. The normalized spacial score (nSPS) is 13.7. The van der Waals surface area contributed by atoms with Gasteiger partial charge in [-0.2, -0.15) is 13.2 Å². The Morgan fingerprint density at radius 3 is 2.74 bits per heavy atom. The van der Waals surface area contributed by atoms with Crippen molar-refractivity contribution in [2.75, 3.05) is 6.61 Å². The summed E-state index contributed by atoms with van der Waals surface area (Å²) in [5, 5.41) is 2.70. The Kier molecular flexibility index (Phi) is 3.71. The number of carbonyl (C=O) groups is 1. The topological polar surface area (TPSA) is 51.2 Å². The van der Waals surface area contributed by atoms with E-state index in [9.17, 15) is 18.0 Å². The van der Waals surface area contributed by atoms with Crippen molar-refractivity contribution in [3.8, 4) is 17.0 Å². The zero-order chi connectivity index (χ0) is 16.6. The second-order valence-electron chi connectivity index (χ2n) is 5.22. The van der Waals surface area contributed by atoms with E-state index in [1.165, 1.54) is 6.07 Å². The summed E-state index contributed by atoms with van der Waals surface area (Å²) in [6, 6.07) is 8.05. The van der Waals surface area contributed by atoms with Gasteiger partial charge in [0.2, 0.25) is 0 Å². The SMILES string of the molecule is Cc1cc2c(c(-c3ccccc3OCC(F)(F)F)n1)CNC2=O. The quantitative estimate of drug-likeness (QED) is 0.944. The molecule has 0 radical (unpaired) electrons. The molecule has 3 rings (SSSR count). The zero-order valence-electron chi connectivity index (χ0n) is 12.2. The van der Waals surface area contributed by atoms with Gasteiger partial charge in [-0.05, 0) is 25.1 Å². The van der Waals surface area contributed by atoms with E-state index >= 15 is 0 Å². The highest BCUT2D eigenvalue weighted by Gasteiger charge is 2.30. The lowest BCUT2D eigenvalue weighted by atomic mass is 10.0. The van der Waals surface area contributed by atoms with E-state index < -0.39 is 12.8 Å². The second kappa shape index (κ2) is 5.57. The van der Waals surface area contributed by atoms with Crippen molar-refractivity contribution in [2.45, 2.75) is 19.6 Å². The van der Waals surface area contributed by atoms with E-state index in [-0.39, 0.29) is 11.7 Å². The highest BCUT2D eigenvalue weighted by atomic mass is 19.4. The molecule has 1 aromatic carbocycles. The fraction of sp³-hybridized carbons (Fsp3) is 0.250. The van der Waals surface area contributed by atoms with E-state index in [0.717, 1.165) is 0 Å². The summed E-state index contributed by atoms with van der Waals surface area (Å²) in [7, 11) is 0. The van der Waals surface area contributed by atoms with Crippen LogP contribution in [-0.4, -0.2) is 23.7 Å². The van der Waals surface area contributed by atoms with Crippen molar-refractivity contribution in [3.05, 3.63) is 47.2 Å². The van der Waals surface area contributed by atoms with Gasteiger partial charge >= 0.3 is 6.18 Å². The lowest BCUT2D eigenvalue weighted by Gasteiger charge is -2.14. The fourth-order valence-corrected chi connectivity index (χ4v) is 2.52. The summed E-state index contributed by atoms with van der Waals surface area (Å²) in [5.41, 5.74) is 2.69. The number of nitrogens with one attached hydrogen (secondary N) is 1. The number of aromatic nitrogens is 1. The third-order valence-corrected chi connectivity index (χ3v) is 3.46.